The Morgan fingerprint density at radius 3 is 2.24 bits per heavy atom. The summed E-state index contributed by atoms with van der Waals surface area (Å²) in [5.74, 6) is -0.0383. The lowest BCUT2D eigenvalue weighted by atomic mass is 9.78. The molecule has 0 saturated carbocycles. The third-order valence-electron chi connectivity index (χ3n) is 4.41. The first kappa shape index (κ1) is 14.0. The lowest BCUT2D eigenvalue weighted by molar-refractivity contribution is -0.217. The smallest absolute Gasteiger partial charge is 0.196 e. The van der Waals surface area contributed by atoms with E-state index in [0.717, 1.165) is 16.9 Å². The van der Waals surface area contributed by atoms with Gasteiger partial charge in [-0.1, -0.05) is 12.2 Å². The molecule has 21 heavy (non-hydrogen) atoms. The molecule has 0 aliphatic heterocycles. The summed E-state index contributed by atoms with van der Waals surface area (Å²) in [6.45, 7) is 0. The second kappa shape index (κ2) is 4.83. The van der Waals surface area contributed by atoms with Crippen molar-refractivity contribution < 1.29 is 19.0 Å². The average molecular weight is 286 g/mol. The van der Waals surface area contributed by atoms with Crippen LogP contribution < -0.4 is 4.74 Å². The van der Waals surface area contributed by atoms with Crippen molar-refractivity contribution in [3.63, 3.8) is 0 Å². The highest BCUT2D eigenvalue weighted by molar-refractivity contribution is 6.01. The maximum atomic E-state index is 11.5. The zero-order valence-corrected chi connectivity index (χ0v) is 12.4. The van der Waals surface area contributed by atoms with E-state index in [1.165, 1.54) is 0 Å². The molecule has 0 aromatic heterocycles. The van der Waals surface area contributed by atoms with Gasteiger partial charge in [0.25, 0.3) is 0 Å². The van der Waals surface area contributed by atoms with Crippen LogP contribution in [0.1, 0.15) is 17.5 Å². The standard InChI is InChI=1S/C17H18O4/c1-19-13-4-5-14-15(10-13)16(8-6-12(18)7-9-16)11-17(14,20-2)21-3/h4-10H,11H2,1-3H3. The van der Waals surface area contributed by atoms with Gasteiger partial charge in [-0.25, -0.2) is 0 Å². The fourth-order valence-corrected chi connectivity index (χ4v) is 3.26. The number of allylic oxidation sites excluding steroid dienone is 4. The van der Waals surface area contributed by atoms with Crippen molar-refractivity contribution in [2.45, 2.75) is 17.6 Å². The average Bonchev–Trinajstić information content (AvgIpc) is 2.81. The van der Waals surface area contributed by atoms with Gasteiger partial charge in [0.05, 0.1) is 7.11 Å². The summed E-state index contributed by atoms with van der Waals surface area (Å²) in [7, 11) is 4.91. The predicted molar refractivity (Wildman–Crippen MR) is 78.3 cm³/mol. The highest BCUT2D eigenvalue weighted by atomic mass is 16.7. The van der Waals surface area contributed by atoms with Crippen molar-refractivity contribution in [1.29, 1.82) is 0 Å². The number of fused-ring (bicyclic) bond motifs is 2. The molecule has 2 aliphatic rings. The van der Waals surface area contributed by atoms with Crippen LogP contribution in [0.5, 0.6) is 5.75 Å². The number of hydrogen-bond donors (Lipinski definition) is 0. The predicted octanol–water partition coefficient (Wildman–Crippen LogP) is 2.48. The topological polar surface area (TPSA) is 44.8 Å². The van der Waals surface area contributed by atoms with Crippen molar-refractivity contribution in [2.24, 2.45) is 0 Å². The van der Waals surface area contributed by atoms with E-state index in [1.807, 2.05) is 30.4 Å². The van der Waals surface area contributed by atoms with E-state index in [0.29, 0.717) is 6.42 Å². The molecular formula is C17H18O4. The summed E-state index contributed by atoms with van der Waals surface area (Å²) in [5, 5.41) is 0. The maximum absolute atomic E-state index is 11.5. The molecule has 0 bridgehead atoms. The molecule has 1 aromatic rings. The van der Waals surface area contributed by atoms with Crippen LogP contribution in [0.15, 0.2) is 42.5 Å². The van der Waals surface area contributed by atoms with E-state index < -0.39 is 11.2 Å². The van der Waals surface area contributed by atoms with Gasteiger partial charge in [-0.3, -0.25) is 4.79 Å². The number of rotatable bonds is 3. The van der Waals surface area contributed by atoms with Gasteiger partial charge in [-0.05, 0) is 35.9 Å². The monoisotopic (exact) mass is 286 g/mol. The van der Waals surface area contributed by atoms with E-state index in [4.69, 9.17) is 14.2 Å². The van der Waals surface area contributed by atoms with Crippen LogP contribution in [0.2, 0.25) is 0 Å². The minimum atomic E-state index is -0.809. The molecule has 0 saturated heterocycles. The zero-order valence-electron chi connectivity index (χ0n) is 12.4. The van der Waals surface area contributed by atoms with Crippen molar-refractivity contribution in [1.82, 2.24) is 0 Å². The maximum Gasteiger partial charge on any atom is 0.196 e. The van der Waals surface area contributed by atoms with Gasteiger partial charge in [0.1, 0.15) is 5.75 Å². The van der Waals surface area contributed by atoms with Gasteiger partial charge in [0.15, 0.2) is 11.6 Å². The van der Waals surface area contributed by atoms with Crippen molar-refractivity contribution in [2.75, 3.05) is 21.3 Å². The number of methoxy groups -OCH3 is 3. The molecule has 4 nitrogen and oxygen atoms in total. The number of ketones is 1. The van der Waals surface area contributed by atoms with Crippen molar-refractivity contribution in [3.8, 4) is 5.75 Å². The molecule has 0 amide bonds. The molecule has 4 heteroatoms. The Balaban J connectivity index is 2.22. The first-order valence-corrected chi connectivity index (χ1v) is 6.81. The number of carbonyl (C=O) groups is 1. The molecular weight excluding hydrogens is 268 g/mol. The Labute approximate surface area is 124 Å². The lowest BCUT2D eigenvalue weighted by Crippen LogP contribution is -2.31. The van der Waals surface area contributed by atoms with E-state index in [1.54, 1.807) is 33.5 Å². The van der Waals surface area contributed by atoms with Crippen LogP contribution in [-0.4, -0.2) is 27.1 Å². The van der Waals surface area contributed by atoms with Crippen LogP contribution >= 0.6 is 0 Å². The van der Waals surface area contributed by atoms with E-state index in [-0.39, 0.29) is 5.78 Å². The summed E-state index contributed by atoms with van der Waals surface area (Å²) in [4.78, 5) is 11.5. The first-order chi connectivity index (χ1) is 10.1. The summed E-state index contributed by atoms with van der Waals surface area (Å²) >= 11 is 0. The molecule has 2 aliphatic carbocycles. The van der Waals surface area contributed by atoms with Crippen LogP contribution in [-0.2, 0) is 25.5 Å². The number of hydrogen-bond acceptors (Lipinski definition) is 4. The number of carbonyl (C=O) groups excluding carboxylic acids is 1. The second-order valence-corrected chi connectivity index (χ2v) is 5.36. The second-order valence-electron chi connectivity index (χ2n) is 5.36. The van der Waals surface area contributed by atoms with Crippen LogP contribution in [0, 0.1) is 0 Å². The van der Waals surface area contributed by atoms with E-state index in [2.05, 4.69) is 0 Å². The molecule has 3 rings (SSSR count). The summed E-state index contributed by atoms with van der Waals surface area (Å²) < 4.78 is 16.7. The Morgan fingerprint density at radius 1 is 1.00 bits per heavy atom. The summed E-state index contributed by atoms with van der Waals surface area (Å²) in [5.41, 5.74) is 1.62. The Hall–Kier alpha value is -1.91. The van der Waals surface area contributed by atoms with Gasteiger partial charge < -0.3 is 14.2 Å². The molecule has 0 fully saturated rings. The summed E-state index contributed by atoms with van der Waals surface area (Å²) in [6, 6.07) is 5.85. The summed E-state index contributed by atoms with van der Waals surface area (Å²) in [6.07, 6.45) is 7.64. The number of ether oxygens (including phenoxy) is 3. The quantitative estimate of drug-likeness (QED) is 0.801. The van der Waals surface area contributed by atoms with Gasteiger partial charge >= 0.3 is 0 Å². The SMILES string of the molecule is COc1ccc2c(c1)C1(C=CC(=O)C=C1)CC2(OC)OC. The van der Waals surface area contributed by atoms with Crippen LogP contribution in [0.25, 0.3) is 0 Å². The molecule has 1 aromatic carbocycles. The number of benzene rings is 1. The van der Waals surface area contributed by atoms with E-state index >= 15 is 0 Å². The Morgan fingerprint density at radius 2 is 1.67 bits per heavy atom. The first-order valence-electron chi connectivity index (χ1n) is 6.81. The third-order valence-corrected chi connectivity index (χ3v) is 4.41. The largest absolute Gasteiger partial charge is 0.497 e. The fraction of sp³-hybridized carbons (Fsp3) is 0.353. The normalized spacial score (nSPS) is 20.8. The van der Waals surface area contributed by atoms with Crippen molar-refractivity contribution in [3.05, 3.63) is 53.6 Å². The minimum Gasteiger partial charge on any atom is -0.497 e. The molecule has 0 heterocycles. The van der Waals surface area contributed by atoms with Crippen LogP contribution in [0.4, 0.5) is 0 Å². The van der Waals surface area contributed by atoms with Gasteiger partial charge in [-0.15, -0.1) is 0 Å². The van der Waals surface area contributed by atoms with Gasteiger partial charge in [0.2, 0.25) is 0 Å². The van der Waals surface area contributed by atoms with Gasteiger partial charge in [-0.2, -0.15) is 0 Å². The molecule has 0 radical (unpaired) electrons. The molecule has 0 unspecified atom stereocenters. The Kier molecular flexibility index (Phi) is 3.23. The highest BCUT2D eigenvalue weighted by Crippen LogP contribution is 2.53. The van der Waals surface area contributed by atoms with Crippen LogP contribution in [0.3, 0.4) is 0 Å². The molecule has 1 spiro atoms. The highest BCUT2D eigenvalue weighted by Gasteiger charge is 2.51. The third kappa shape index (κ3) is 1.94. The fourth-order valence-electron chi connectivity index (χ4n) is 3.26. The molecule has 0 atom stereocenters. The molecule has 0 N–H and O–H groups in total. The zero-order chi connectivity index (χ0) is 15.1. The van der Waals surface area contributed by atoms with E-state index in [9.17, 15) is 4.79 Å². The Bertz CT molecular complexity index is 622. The minimum absolute atomic E-state index is 0.00240. The van der Waals surface area contributed by atoms with Crippen molar-refractivity contribution >= 4 is 5.78 Å². The van der Waals surface area contributed by atoms with Gasteiger partial charge in [0, 0.05) is 31.6 Å². The molecule has 110 valence electrons. The lowest BCUT2D eigenvalue weighted by Gasteiger charge is -2.30.